The first-order valence-corrected chi connectivity index (χ1v) is 7.48. The summed E-state index contributed by atoms with van der Waals surface area (Å²) in [5.41, 5.74) is 0. The summed E-state index contributed by atoms with van der Waals surface area (Å²) in [6.07, 6.45) is 5.82. The SMILES string of the molecule is CCCN(CC)CCNC(=O)C1CC=CCC1C(=O)O. The third kappa shape index (κ3) is 4.96. The summed E-state index contributed by atoms with van der Waals surface area (Å²) in [4.78, 5) is 25.5. The summed E-state index contributed by atoms with van der Waals surface area (Å²) in [5.74, 6) is -2.03. The monoisotopic (exact) mass is 282 g/mol. The predicted octanol–water partition coefficient (Wildman–Crippen LogP) is 1.50. The Morgan fingerprint density at radius 3 is 2.40 bits per heavy atom. The largest absolute Gasteiger partial charge is 0.481 e. The Kier molecular flexibility index (Phi) is 7.30. The number of allylic oxidation sites excluding steroid dienone is 2. The lowest BCUT2D eigenvalue weighted by Crippen LogP contribution is -2.42. The smallest absolute Gasteiger partial charge is 0.307 e. The topological polar surface area (TPSA) is 69.6 Å². The predicted molar refractivity (Wildman–Crippen MR) is 78.4 cm³/mol. The van der Waals surface area contributed by atoms with Gasteiger partial charge in [-0.15, -0.1) is 0 Å². The van der Waals surface area contributed by atoms with Crippen LogP contribution in [0.25, 0.3) is 0 Å². The molecule has 0 saturated carbocycles. The molecule has 0 spiro atoms. The highest BCUT2D eigenvalue weighted by Crippen LogP contribution is 2.25. The molecule has 2 atom stereocenters. The van der Waals surface area contributed by atoms with Crippen LogP contribution in [0.15, 0.2) is 12.2 Å². The molecule has 1 rings (SSSR count). The number of aliphatic carboxylic acids is 1. The van der Waals surface area contributed by atoms with E-state index in [0.29, 0.717) is 19.4 Å². The second kappa shape index (κ2) is 8.74. The van der Waals surface area contributed by atoms with E-state index >= 15 is 0 Å². The molecule has 5 heteroatoms. The Hall–Kier alpha value is -1.36. The first-order chi connectivity index (χ1) is 9.60. The summed E-state index contributed by atoms with van der Waals surface area (Å²) >= 11 is 0. The van der Waals surface area contributed by atoms with E-state index in [-0.39, 0.29) is 5.91 Å². The van der Waals surface area contributed by atoms with Gasteiger partial charge in [0.1, 0.15) is 0 Å². The second-order valence-electron chi connectivity index (χ2n) is 5.22. The van der Waals surface area contributed by atoms with Crippen molar-refractivity contribution in [1.29, 1.82) is 0 Å². The van der Waals surface area contributed by atoms with E-state index in [2.05, 4.69) is 24.1 Å². The molecule has 0 aromatic carbocycles. The number of carboxylic acid groups (broad SMARTS) is 1. The van der Waals surface area contributed by atoms with Gasteiger partial charge in [0.2, 0.25) is 5.91 Å². The van der Waals surface area contributed by atoms with Crippen LogP contribution in [0, 0.1) is 11.8 Å². The van der Waals surface area contributed by atoms with Gasteiger partial charge in [-0.1, -0.05) is 26.0 Å². The van der Waals surface area contributed by atoms with Gasteiger partial charge in [-0.2, -0.15) is 0 Å². The normalized spacial score (nSPS) is 21.9. The Morgan fingerprint density at radius 2 is 1.85 bits per heavy atom. The number of nitrogens with zero attached hydrogens (tertiary/aromatic N) is 1. The molecule has 0 aromatic rings. The molecule has 2 unspecified atom stereocenters. The first kappa shape index (κ1) is 16.7. The summed E-state index contributed by atoms with van der Waals surface area (Å²) < 4.78 is 0. The Bertz CT molecular complexity index is 355. The van der Waals surface area contributed by atoms with E-state index in [4.69, 9.17) is 5.11 Å². The second-order valence-corrected chi connectivity index (χ2v) is 5.22. The summed E-state index contributed by atoms with van der Waals surface area (Å²) in [6, 6.07) is 0. The van der Waals surface area contributed by atoms with Crippen molar-refractivity contribution in [2.75, 3.05) is 26.2 Å². The van der Waals surface area contributed by atoms with Gasteiger partial charge in [0.05, 0.1) is 11.8 Å². The van der Waals surface area contributed by atoms with Crippen molar-refractivity contribution >= 4 is 11.9 Å². The number of carbonyl (C=O) groups excluding carboxylic acids is 1. The Balaban J connectivity index is 2.41. The van der Waals surface area contributed by atoms with E-state index in [0.717, 1.165) is 26.1 Å². The van der Waals surface area contributed by atoms with Crippen molar-refractivity contribution in [2.24, 2.45) is 11.8 Å². The zero-order chi connectivity index (χ0) is 15.0. The van der Waals surface area contributed by atoms with Crippen LogP contribution in [0.1, 0.15) is 33.1 Å². The highest BCUT2D eigenvalue weighted by Gasteiger charge is 2.33. The van der Waals surface area contributed by atoms with Crippen molar-refractivity contribution in [3.63, 3.8) is 0 Å². The minimum Gasteiger partial charge on any atom is -0.481 e. The summed E-state index contributed by atoms with van der Waals surface area (Å²) in [6.45, 7) is 7.62. The maximum absolute atomic E-state index is 12.1. The van der Waals surface area contributed by atoms with Gasteiger partial charge in [-0.25, -0.2) is 0 Å². The van der Waals surface area contributed by atoms with Crippen LogP contribution in [0.4, 0.5) is 0 Å². The van der Waals surface area contributed by atoms with Gasteiger partial charge in [0.25, 0.3) is 0 Å². The molecule has 0 aromatic heterocycles. The van der Waals surface area contributed by atoms with Crippen LogP contribution in [0.2, 0.25) is 0 Å². The maximum Gasteiger partial charge on any atom is 0.307 e. The molecule has 0 heterocycles. The van der Waals surface area contributed by atoms with Gasteiger partial charge in [-0.3, -0.25) is 9.59 Å². The molecule has 1 aliphatic rings. The van der Waals surface area contributed by atoms with Gasteiger partial charge in [-0.05, 0) is 32.4 Å². The molecule has 2 N–H and O–H groups in total. The van der Waals surface area contributed by atoms with Crippen LogP contribution in [-0.4, -0.2) is 48.1 Å². The first-order valence-electron chi connectivity index (χ1n) is 7.48. The summed E-state index contributed by atoms with van der Waals surface area (Å²) in [7, 11) is 0. The van der Waals surface area contributed by atoms with Crippen LogP contribution >= 0.6 is 0 Å². The molecule has 5 nitrogen and oxygen atoms in total. The standard InChI is InChI=1S/C15H26N2O3/c1-3-10-17(4-2)11-9-16-14(18)12-7-5-6-8-13(12)15(19)20/h5-6,12-13H,3-4,7-11H2,1-2H3,(H,16,18)(H,19,20). The molecule has 1 amide bonds. The Morgan fingerprint density at radius 1 is 1.20 bits per heavy atom. The number of likely N-dealkylation sites (N-methyl/N-ethyl adjacent to an activating group) is 1. The number of nitrogens with one attached hydrogen (secondary N) is 1. The number of carboxylic acids is 1. The maximum atomic E-state index is 12.1. The molecule has 1 aliphatic carbocycles. The molecule has 0 aliphatic heterocycles. The lowest BCUT2D eigenvalue weighted by atomic mass is 9.82. The third-order valence-electron chi connectivity index (χ3n) is 3.80. The number of hydrogen-bond acceptors (Lipinski definition) is 3. The molecule has 0 radical (unpaired) electrons. The van der Waals surface area contributed by atoms with Crippen molar-refractivity contribution in [1.82, 2.24) is 10.2 Å². The lowest BCUT2D eigenvalue weighted by Gasteiger charge is -2.25. The van der Waals surface area contributed by atoms with Crippen molar-refractivity contribution in [3.05, 3.63) is 12.2 Å². The fourth-order valence-electron chi connectivity index (χ4n) is 2.59. The number of amides is 1. The van der Waals surface area contributed by atoms with Crippen LogP contribution in [0.5, 0.6) is 0 Å². The van der Waals surface area contributed by atoms with E-state index < -0.39 is 17.8 Å². The van der Waals surface area contributed by atoms with E-state index in [1.54, 1.807) is 0 Å². The fourth-order valence-corrected chi connectivity index (χ4v) is 2.59. The molecule has 0 bridgehead atoms. The van der Waals surface area contributed by atoms with Crippen LogP contribution in [-0.2, 0) is 9.59 Å². The molecular weight excluding hydrogens is 256 g/mol. The highest BCUT2D eigenvalue weighted by atomic mass is 16.4. The van der Waals surface area contributed by atoms with Gasteiger partial charge < -0.3 is 15.3 Å². The zero-order valence-corrected chi connectivity index (χ0v) is 12.5. The van der Waals surface area contributed by atoms with Crippen LogP contribution in [0.3, 0.4) is 0 Å². The Labute approximate surface area is 121 Å². The average Bonchev–Trinajstić information content (AvgIpc) is 2.46. The summed E-state index contributed by atoms with van der Waals surface area (Å²) in [5, 5.41) is 12.0. The molecule has 20 heavy (non-hydrogen) atoms. The van der Waals surface area contributed by atoms with E-state index in [9.17, 15) is 9.59 Å². The number of rotatable bonds is 8. The van der Waals surface area contributed by atoms with Gasteiger partial charge in [0, 0.05) is 13.1 Å². The van der Waals surface area contributed by atoms with Crippen LogP contribution < -0.4 is 5.32 Å². The van der Waals surface area contributed by atoms with Crippen molar-refractivity contribution in [2.45, 2.75) is 33.1 Å². The van der Waals surface area contributed by atoms with Gasteiger partial charge >= 0.3 is 5.97 Å². The van der Waals surface area contributed by atoms with E-state index in [1.807, 2.05) is 12.2 Å². The third-order valence-corrected chi connectivity index (χ3v) is 3.80. The molecule has 0 saturated heterocycles. The number of carbonyl (C=O) groups is 2. The minimum atomic E-state index is -0.879. The zero-order valence-electron chi connectivity index (χ0n) is 12.5. The number of hydrogen-bond donors (Lipinski definition) is 2. The molecule has 0 fully saturated rings. The fraction of sp³-hybridized carbons (Fsp3) is 0.733. The minimum absolute atomic E-state index is 0.130. The quantitative estimate of drug-likeness (QED) is 0.662. The molecule has 114 valence electrons. The van der Waals surface area contributed by atoms with Gasteiger partial charge in [0.15, 0.2) is 0 Å². The van der Waals surface area contributed by atoms with Crippen molar-refractivity contribution in [3.8, 4) is 0 Å². The lowest BCUT2D eigenvalue weighted by molar-refractivity contribution is -0.147. The molecular formula is C15H26N2O3. The van der Waals surface area contributed by atoms with Crippen molar-refractivity contribution < 1.29 is 14.7 Å². The average molecular weight is 282 g/mol. The van der Waals surface area contributed by atoms with E-state index in [1.165, 1.54) is 0 Å². The highest BCUT2D eigenvalue weighted by molar-refractivity contribution is 5.85.